The predicted octanol–water partition coefficient (Wildman–Crippen LogP) is 1.16. The summed E-state index contributed by atoms with van der Waals surface area (Å²) in [5.74, 6) is -1.39. The largest absolute Gasteiger partial charge is 0.481 e. The smallest absolute Gasteiger partial charge is 0.303 e. The molecule has 0 aromatic carbocycles. The van der Waals surface area contributed by atoms with Crippen LogP contribution in [0.25, 0.3) is 0 Å². The van der Waals surface area contributed by atoms with Crippen LogP contribution in [0.4, 0.5) is 0 Å². The molecule has 0 aromatic heterocycles. The molecular weight excluding hydrogens is 212 g/mol. The zero-order chi connectivity index (χ0) is 11.8. The molecule has 0 saturated carbocycles. The lowest BCUT2D eigenvalue weighted by Crippen LogP contribution is -2.53. The van der Waals surface area contributed by atoms with Gasteiger partial charge in [0, 0.05) is 20.0 Å². The molecule has 3 unspecified atom stereocenters. The number of carboxylic acid groups (broad SMARTS) is 1. The number of rotatable bonds is 4. The summed E-state index contributed by atoms with van der Waals surface area (Å²) in [7, 11) is 1.62. The molecule has 2 saturated heterocycles. The second kappa shape index (κ2) is 3.98. The lowest BCUT2D eigenvalue weighted by atomic mass is 9.91. The Morgan fingerprint density at radius 1 is 1.62 bits per heavy atom. The number of carboxylic acids is 1. The topological polar surface area (TPSA) is 65.0 Å². The summed E-state index contributed by atoms with van der Waals surface area (Å²) in [6.45, 7) is 2.31. The van der Waals surface area contributed by atoms with Gasteiger partial charge in [-0.2, -0.15) is 0 Å². The maximum Gasteiger partial charge on any atom is 0.303 e. The van der Waals surface area contributed by atoms with Gasteiger partial charge in [0.25, 0.3) is 0 Å². The predicted molar refractivity (Wildman–Crippen MR) is 55.1 cm³/mol. The number of hydrogen-bond donors (Lipinski definition) is 1. The molecule has 2 aliphatic rings. The Morgan fingerprint density at radius 3 is 3.00 bits per heavy atom. The van der Waals surface area contributed by atoms with Crippen LogP contribution in [0.3, 0.4) is 0 Å². The molecule has 16 heavy (non-hydrogen) atoms. The Hall–Kier alpha value is -0.650. The molecule has 1 N–H and O–H groups in total. The van der Waals surface area contributed by atoms with Gasteiger partial charge in [0.05, 0.1) is 11.7 Å². The summed E-state index contributed by atoms with van der Waals surface area (Å²) in [6.07, 6.45) is 2.21. The average molecular weight is 230 g/mol. The van der Waals surface area contributed by atoms with Crippen molar-refractivity contribution in [2.24, 2.45) is 0 Å². The van der Waals surface area contributed by atoms with Gasteiger partial charge < -0.3 is 19.3 Å². The molecule has 0 spiro atoms. The van der Waals surface area contributed by atoms with Gasteiger partial charge in [-0.25, -0.2) is 0 Å². The fraction of sp³-hybridized carbons (Fsp3) is 0.909. The van der Waals surface area contributed by atoms with E-state index in [0.29, 0.717) is 13.0 Å². The third-order valence-electron chi connectivity index (χ3n) is 3.65. The van der Waals surface area contributed by atoms with Crippen molar-refractivity contribution in [2.75, 3.05) is 13.7 Å². The zero-order valence-corrected chi connectivity index (χ0v) is 9.69. The molecule has 2 fully saturated rings. The van der Waals surface area contributed by atoms with Crippen LogP contribution in [-0.2, 0) is 19.0 Å². The molecule has 0 aromatic rings. The molecule has 0 aliphatic carbocycles. The quantitative estimate of drug-likeness (QED) is 0.785. The van der Waals surface area contributed by atoms with Crippen LogP contribution >= 0.6 is 0 Å². The van der Waals surface area contributed by atoms with Gasteiger partial charge in [-0.05, 0) is 19.8 Å². The van der Waals surface area contributed by atoms with Crippen LogP contribution < -0.4 is 0 Å². The van der Waals surface area contributed by atoms with Crippen LogP contribution in [-0.4, -0.2) is 42.3 Å². The van der Waals surface area contributed by atoms with E-state index in [1.807, 2.05) is 6.92 Å². The minimum atomic E-state index is -0.800. The minimum Gasteiger partial charge on any atom is -0.481 e. The summed E-state index contributed by atoms with van der Waals surface area (Å²) >= 11 is 0. The Kier molecular flexibility index (Phi) is 2.94. The van der Waals surface area contributed by atoms with Crippen molar-refractivity contribution in [1.29, 1.82) is 0 Å². The number of hydrogen-bond acceptors (Lipinski definition) is 4. The first-order valence-corrected chi connectivity index (χ1v) is 5.58. The van der Waals surface area contributed by atoms with E-state index in [-0.39, 0.29) is 12.5 Å². The first kappa shape index (κ1) is 11.8. The molecule has 92 valence electrons. The molecule has 5 heteroatoms. The van der Waals surface area contributed by atoms with E-state index in [0.717, 1.165) is 12.8 Å². The lowest BCUT2D eigenvalue weighted by molar-refractivity contribution is -0.320. The van der Waals surface area contributed by atoms with E-state index >= 15 is 0 Å². The van der Waals surface area contributed by atoms with Gasteiger partial charge in [0.1, 0.15) is 6.61 Å². The Bertz CT molecular complexity index is 292. The molecule has 2 bridgehead atoms. The van der Waals surface area contributed by atoms with E-state index in [1.54, 1.807) is 7.11 Å². The van der Waals surface area contributed by atoms with E-state index in [4.69, 9.17) is 19.3 Å². The second-order valence-corrected chi connectivity index (χ2v) is 4.76. The Balaban J connectivity index is 2.01. The highest BCUT2D eigenvalue weighted by molar-refractivity contribution is 5.66. The number of carbonyl (C=O) groups is 1. The molecule has 0 amide bonds. The van der Waals surface area contributed by atoms with Crippen LogP contribution in [0.1, 0.15) is 32.6 Å². The Labute approximate surface area is 94.7 Å². The zero-order valence-electron chi connectivity index (χ0n) is 9.69. The van der Waals surface area contributed by atoms with E-state index in [2.05, 4.69) is 0 Å². The van der Waals surface area contributed by atoms with Crippen LogP contribution in [0.5, 0.6) is 0 Å². The normalized spacial score (nSPS) is 42.2. The van der Waals surface area contributed by atoms with Crippen LogP contribution in [0, 0.1) is 0 Å². The van der Waals surface area contributed by atoms with Gasteiger partial charge in [0.2, 0.25) is 0 Å². The second-order valence-electron chi connectivity index (χ2n) is 4.76. The van der Waals surface area contributed by atoms with Crippen molar-refractivity contribution in [1.82, 2.24) is 0 Å². The van der Waals surface area contributed by atoms with Crippen molar-refractivity contribution in [3.63, 3.8) is 0 Å². The summed E-state index contributed by atoms with van der Waals surface area (Å²) in [5.41, 5.74) is -0.489. The molecule has 2 rings (SSSR count). The van der Waals surface area contributed by atoms with Crippen molar-refractivity contribution >= 4 is 5.97 Å². The third-order valence-corrected chi connectivity index (χ3v) is 3.65. The fourth-order valence-electron chi connectivity index (χ4n) is 2.43. The number of ether oxygens (including phenoxy) is 3. The number of fused-ring (bicyclic) bond motifs is 2. The van der Waals surface area contributed by atoms with Gasteiger partial charge >= 0.3 is 5.97 Å². The van der Waals surface area contributed by atoms with E-state index in [9.17, 15) is 4.79 Å². The lowest BCUT2D eigenvalue weighted by Gasteiger charge is -2.43. The first-order chi connectivity index (χ1) is 7.50. The highest BCUT2D eigenvalue weighted by Crippen LogP contribution is 2.44. The highest BCUT2D eigenvalue weighted by Gasteiger charge is 2.54. The summed E-state index contributed by atoms with van der Waals surface area (Å²) in [6, 6.07) is 0. The summed E-state index contributed by atoms with van der Waals surface area (Å²) in [5, 5.41) is 8.70. The standard InChI is InChI=1S/C11H18O5/c1-10(5-4-9(12)13)8-3-6-11(14-2,16-8)7-15-10/h8H,3-7H2,1-2H3,(H,12,13). The van der Waals surface area contributed by atoms with Gasteiger partial charge in [-0.3, -0.25) is 4.79 Å². The minimum absolute atomic E-state index is 0.0550. The van der Waals surface area contributed by atoms with Crippen LogP contribution in [0.2, 0.25) is 0 Å². The van der Waals surface area contributed by atoms with Gasteiger partial charge in [0.15, 0.2) is 5.79 Å². The van der Waals surface area contributed by atoms with Crippen molar-refractivity contribution < 1.29 is 24.1 Å². The fourth-order valence-corrected chi connectivity index (χ4v) is 2.43. The Morgan fingerprint density at radius 2 is 2.38 bits per heavy atom. The van der Waals surface area contributed by atoms with E-state index < -0.39 is 17.4 Å². The molecule has 0 radical (unpaired) electrons. The SMILES string of the molecule is COC12CCC(O1)C(C)(CCC(=O)O)OC2. The summed E-state index contributed by atoms with van der Waals surface area (Å²) < 4.78 is 17.0. The maximum atomic E-state index is 10.6. The first-order valence-electron chi connectivity index (χ1n) is 5.58. The number of methoxy groups -OCH3 is 1. The van der Waals surface area contributed by atoms with Crippen LogP contribution in [0.15, 0.2) is 0 Å². The molecule has 2 aliphatic heterocycles. The number of aliphatic carboxylic acids is 1. The van der Waals surface area contributed by atoms with Gasteiger partial charge in [-0.1, -0.05) is 0 Å². The summed E-state index contributed by atoms with van der Waals surface area (Å²) in [4.78, 5) is 10.6. The molecule has 3 atom stereocenters. The third kappa shape index (κ3) is 1.95. The van der Waals surface area contributed by atoms with E-state index in [1.165, 1.54) is 0 Å². The van der Waals surface area contributed by atoms with Gasteiger partial charge in [-0.15, -0.1) is 0 Å². The maximum absolute atomic E-state index is 10.6. The van der Waals surface area contributed by atoms with Crippen molar-refractivity contribution in [2.45, 2.75) is 50.1 Å². The molecule has 2 heterocycles. The van der Waals surface area contributed by atoms with Crippen molar-refractivity contribution in [3.8, 4) is 0 Å². The molecular formula is C11H18O5. The monoisotopic (exact) mass is 230 g/mol. The van der Waals surface area contributed by atoms with Crippen molar-refractivity contribution in [3.05, 3.63) is 0 Å². The highest BCUT2D eigenvalue weighted by atomic mass is 16.7. The average Bonchev–Trinajstić information content (AvgIpc) is 2.64. The molecule has 5 nitrogen and oxygen atoms in total.